The molecule has 9 nitrogen and oxygen atoms in total. The van der Waals surface area contributed by atoms with Gasteiger partial charge in [0.05, 0.1) is 15.9 Å². The van der Waals surface area contributed by atoms with Gasteiger partial charge in [-0.15, -0.1) is 0 Å². The molecule has 0 fully saturated rings. The smallest absolute Gasteiger partial charge is 0.243 e. The van der Waals surface area contributed by atoms with Gasteiger partial charge in [0.1, 0.15) is 36.3 Å². The van der Waals surface area contributed by atoms with Gasteiger partial charge in [0.15, 0.2) is 0 Å². The van der Waals surface area contributed by atoms with Crippen LogP contribution in [0.4, 0.5) is 11.6 Å². The molecular formula is C37H45N5O4S. The number of aryl methyl sites for hydroxylation is 1. The number of benzene rings is 3. The van der Waals surface area contributed by atoms with E-state index < -0.39 is 10.0 Å². The molecule has 3 aromatic carbocycles. The quantitative estimate of drug-likeness (QED) is 0.141. The number of nitrogens with one attached hydrogen (secondary N) is 2. The van der Waals surface area contributed by atoms with E-state index in [1.54, 1.807) is 24.3 Å². The lowest BCUT2D eigenvalue weighted by Gasteiger charge is -2.23. The van der Waals surface area contributed by atoms with E-state index in [1.807, 2.05) is 67.6 Å². The van der Waals surface area contributed by atoms with Crippen LogP contribution >= 0.6 is 0 Å². The summed E-state index contributed by atoms with van der Waals surface area (Å²) in [6.07, 6.45) is 0. The number of fused-ring (bicyclic) bond motifs is 2. The first-order valence-corrected chi connectivity index (χ1v) is 17.3. The Morgan fingerprint density at radius 1 is 0.638 bits per heavy atom. The number of ether oxygens (including phenoxy) is 2. The number of rotatable bonds is 12. The molecule has 0 unspecified atom stereocenters. The van der Waals surface area contributed by atoms with Crippen molar-refractivity contribution >= 4 is 43.5 Å². The third kappa shape index (κ3) is 8.90. The van der Waals surface area contributed by atoms with E-state index in [0.29, 0.717) is 11.5 Å². The first kappa shape index (κ1) is 33.9. The molecular weight excluding hydrogens is 611 g/mol. The maximum Gasteiger partial charge on any atom is 0.243 e. The van der Waals surface area contributed by atoms with Crippen LogP contribution in [0.3, 0.4) is 0 Å². The van der Waals surface area contributed by atoms with Gasteiger partial charge in [0, 0.05) is 34.9 Å². The Morgan fingerprint density at radius 2 is 1.09 bits per heavy atom. The molecule has 2 N–H and O–H groups in total. The lowest BCUT2D eigenvalue weighted by atomic mass is 10.1. The van der Waals surface area contributed by atoms with Crippen LogP contribution in [0.1, 0.15) is 47.1 Å². The van der Waals surface area contributed by atoms with Crippen molar-refractivity contribution in [3.05, 3.63) is 90.5 Å². The molecule has 0 spiro atoms. The summed E-state index contributed by atoms with van der Waals surface area (Å²) < 4.78 is 41.5. The van der Waals surface area contributed by atoms with Crippen molar-refractivity contribution in [2.45, 2.75) is 64.4 Å². The first-order chi connectivity index (χ1) is 22.2. The second-order valence-electron chi connectivity index (χ2n) is 13.7. The van der Waals surface area contributed by atoms with Crippen LogP contribution in [-0.4, -0.2) is 60.1 Å². The Balaban J connectivity index is 1.32. The topological polar surface area (TPSA) is 106 Å². The van der Waals surface area contributed by atoms with Crippen LogP contribution in [0.25, 0.3) is 21.8 Å². The summed E-state index contributed by atoms with van der Waals surface area (Å²) in [7, 11) is -3.83. The Hall–Kier alpha value is -4.41. The fourth-order valence-electron chi connectivity index (χ4n) is 5.14. The van der Waals surface area contributed by atoms with Gasteiger partial charge in [-0.25, -0.2) is 18.4 Å². The molecule has 0 bridgehead atoms. The van der Waals surface area contributed by atoms with Crippen molar-refractivity contribution < 1.29 is 17.9 Å². The lowest BCUT2D eigenvalue weighted by molar-refractivity contribution is 0.239. The molecule has 0 saturated carbocycles. The van der Waals surface area contributed by atoms with E-state index in [0.717, 1.165) is 39.0 Å². The average Bonchev–Trinajstić information content (AvgIpc) is 2.98. The van der Waals surface area contributed by atoms with E-state index in [9.17, 15) is 8.42 Å². The maximum absolute atomic E-state index is 13.8. The zero-order chi connectivity index (χ0) is 33.8. The van der Waals surface area contributed by atoms with Crippen molar-refractivity contribution in [2.24, 2.45) is 0 Å². The number of sulfonamides is 1. The molecule has 0 saturated heterocycles. The Bertz CT molecular complexity index is 1840. The van der Waals surface area contributed by atoms with Crippen LogP contribution in [0.2, 0.25) is 0 Å². The molecule has 2 aromatic heterocycles. The van der Waals surface area contributed by atoms with Gasteiger partial charge in [-0.1, -0.05) is 29.8 Å². The molecule has 248 valence electrons. The van der Waals surface area contributed by atoms with Gasteiger partial charge < -0.3 is 20.1 Å². The third-order valence-corrected chi connectivity index (χ3v) is 9.16. The zero-order valence-electron chi connectivity index (χ0n) is 28.3. The largest absolute Gasteiger partial charge is 0.492 e. The third-order valence-electron chi connectivity index (χ3n) is 7.25. The molecule has 5 rings (SSSR count). The summed E-state index contributed by atoms with van der Waals surface area (Å²) in [6.45, 7) is 15.0. The summed E-state index contributed by atoms with van der Waals surface area (Å²) in [6, 6.07) is 26.1. The first-order valence-electron chi connectivity index (χ1n) is 15.9. The van der Waals surface area contributed by atoms with Crippen molar-refractivity contribution in [1.82, 2.24) is 14.3 Å². The summed E-state index contributed by atoms with van der Waals surface area (Å²) in [5.74, 6) is 2.85. The van der Waals surface area contributed by atoms with Gasteiger partial charge >= 0.3 is 0 Å². The minimum atomic E-state index is -3.83. The van der Waals surface area contributed by atoms with Crippen molar-refractivity contribution in [1.29, 1.82) is 0 Å². The van der Waals surface area contributed by atoms with E-state index in [4.69, 9.17) is 19.4 Å². The Kier molecular flexibility index (Phi) is 9.93. The molecule has 0 aliphatic carbocycles. The second kappa shape index (κ2) is 13.8. The summed E-state index contributed by atoms with van der Waals surface area (Å²) in [4.78, 5) is 9.71. The highest BCUT2D eigenvalue weighted by molar-refractivity contribution is 7.89. The van der Waals surface area contributed by atoms with Gasteiger partial charge in [-0.3, -0.25) is 0 Å². The van der Waals surface area contributed by atoms with Crippen molar-refractivity contribution in [3.8, 4) is 11.5 Å². The number of anilines is 2. The van der Waals surface area contributed by atoms with Crippen LogP contribution in [0.5, 0.6) is 11.5 Å². The lowest BCUT2D eigenvalue weighted by Crippen LogP contribution is -2.37. The van der Waals surface area contributed by atoms with Gasteiger partial charge in [-0.2, -0.15) is 4.31 Å². The maximum atomic E-state index is 13.8. The number of hydrogen-bond donors (Lipinski definition) is 2. The molecule has 0 aliphatic rings. The van der Waals surface area contributed by atoms with Crippen LogP contribution in [0, 0.1) is 6.92 Å². The summed E-state index contributed by atoms with van der Waals surface area (Å²) in [5.41, 5.74) is 2.32. The predicted molar refractivity (Wildman–Crippen MR) is 191 cm³/mol. The van der Waals surface area contributed by atoms with E-state index >= 15 is 0 Å². The Morgan fingerprint density at radius 3 is 1.51 bits per heavy atom. The average molecular weight is 656 g/mol. The molecule has 0 atom stereocenters. The highest BCUT2D eigenvalue weighted by Crippen LogP contribution is 2.28. The summed E-state index contributed by atoms with van der Waals surface area (Å²) in [5, 5.41) is 8.50. The fourth-order valence-corrected chi connectivity index (χ4v) is 6.55. The fraction of sp³-hybridized carbons (Fsp3) is 0.351. The summed E-state index contributed by atoms with van der Waals surface area (Å²) >= 11 is 0. The highest BCUT2D eigenvalue weighted by Gasteiger charge is 2.25. The second-order valence-corrected chi connectivity index (χ2v) is 15.6. The standard InChI is InChI=1S/C37H45N5O4S/c1-26-14-16-27(17-15-26)47(43,44)42(22-24-45-32-12-8-10-30-28(32)18-20-34(38-30)40-36(2,3)4)23-25-46-33-13-9-11-31-29(33)19-21-35(39-31)41-37(5,6)7/h8-21H,22-25H2,1-7H3,(H,38,40)(H,39,41). The van der Waals surface area contributed by atoms with Gasteiger partial charge in [0.2, 0.25) is 10.0 Å². The van der Waals surface area contributed by atoms with Crippen LogP contribution in [-0.2, 0) is 10.0 Å². The molecule has 0 amide bonds. The van der Waals surface area contributed by atoms with Crippen molar-refractivity contribution in [3.63, 3.8) is 0 Å². The van der Waals surface area contributed by atoms with Crippen molar-refractivity contribution in [2.75, 3.05) is 36.9 Å². The van der Waals surface area contributed by atoms with Gasteiger partial charge in [-0.05, 0) is 109 Å². The number of pyridine rings is 2. The highest BCUT2D eigenvalue weighted by atomic mass is 32.2. The normalized spacial score (nSPS) is 12.4. The molecule has 2 heterocycles. The number of hydrogen-bond acceptors (Lipinski definition) is 8. The van der Waals surface area contributed by atoms with E-state index in [-0.39, 0.29) is 42.3 Å². The number of aromatic nitrogens is 2. The van der Waals surface area contributed by atoms with Crippen LogP contribution in [0.15, 0.2) is 89.8 Å². The molecule has 47 heavy (non-hydrogen) atoms. The molecule has 0 radical (unpaired) electrons. The molecule has 10 heteroatoms. The minimum Gasteiger partial charge on any atom is -0.492 e. The molecule has 0 aliphatic heterocycles. The Labute approximate surface area is 278 Å². The van der Waals surface area contributed by atoms with Crippen LogP contribution < -0.4 is 20.1 Å². The number of nitrogens with zero attached hydrogens (tertiary/aromatic N) is 3. The SMILES string of the molecule is Cc1ccc(S(=O)(=O)N(CCOc2cccc3nc(NC(C)(C)C)ccc23)CCOc2cccc3nc(NC(C)(C)C)ccc23)cc1. The van der Waals surface area contributed by atoms with E-state index in [1.165, 1.54) is 4.31 Å². The van der Waals surface area contributed by atoms with E-state index in [2.05, 4.69) is 52.2 Å². The predicted octanol–water partition coefficient (Wildman–Crippen LogP) is 7.66. The minimum absolute atomic E-state index is 0.123. The van der Waals surface area contributed by atoms with Gasteiger partial charge in [0.25, 0.3) is 0 Å². The molecule has 5 aromatic rings. The zero-order valence-corrected chi connectivity index (χ0v) is 29.1. The monoisotopic (exact) mass is 655 g/mol.